The number of ether oxygens (including phenoxy) is 2. The highest BCUT2D eigenvalue weighted by Crippen LogP contribution is 2.19. The van der Waals surface area contributed by atoms with Crippen molar-refractivity contribution in [3.05, 3.63) is 53.5 Å². The first-order valence-electron chi connectivity index (χ1n) is 5.35. The summed E-state index contributed by atoms with van der Waals surface area (Å²) in [5.74, 6) is -1.85. The summed E-state index contributed by atoms with van der Waals surface area (Å²) in [5, 5.41) is 0. The highest BCUT2D eigenvalue weighted by molar-refractivity contribution is 5.86. The number of benzene rings is 1. The van der Waals surface area contributed by atoms with E-state index in [0.29, 0.717) is 5.76 Å². The van der Waals surface area contributed by atoms with Crippen molar-refractivity contribution in [2.75, 3.05) is 7.11 Å². The zero-order chi connectivity index (χ0) is 13.8. The van der Waals surface area contributed by atoms with E-state index in [-0.39, 0.29) is 18.1 Å². The van der Waals surface area contributed by atoms with Crippen LogP contribution >= 0.6 is 0 Å². The summed E-state index contributed by atoms with van der Waals surface area (Å²) in [7, 11) is 1.23. The molecule has 4 nitrogen and oxygen atoms in total. The van der Waals surface area contributed by atoms with E-state index < -0.39 is 17.6 Å². The molecule has 0 radical (unpaired) electrons. The Balaban J connectivity index is 2.02. The van der Waals surface area contributed by atoms with E-state index in [0.717, 1.165) is 12.1 Å². The molecule has 2 rings (SSSR count). The summed E-state index contributed by atoms with van der Waals surface area (Å²) in [6.07, 6.45) is 0. The molecule has 1 aromatic carbocycles. The second kappa shape index (κ2) is 5.51. The summed E-state index contributed by atoms with van der Waals surface area (Å²) < 4.78 is 40.7. The molecule has 0 amide bonds. The molecule has 100 valence electrons. The van der Waals surface area contributed by atoms with Crippen LogP contribution in [0.1, 0.15) is 16.3 Å². The largest absolute Gasteiger partial charge is 0.483 e. The average molecular weight is 268 g/mol. The van der Waals surface area contributed by atoms with Crippen LogP contribution in [-0.2, 0) is 11.3 Å². The molecule has 1 aromatic heterocycles. The van der Waals surface area contributed by atoms with Gasteiger partial charge in [0.25, 0.3) is 0 Å². The van der Waals surface area contributed by atoms with E-state index in [9.17, 15) is 13.6 Å². The topological polar surface area (TPSA) is 48.7 Å². The normalized spacial score (nSPS) is 10.3. The molecule has 0 unspecified atom stereocenters. The fraction of sp³-hybridized carbons (Fsp3) is 0.154. The SMILES string of the molecule is COC(=O)c1ccc(COc2ccc(F)cc2F)o1. The molecule has 0 saturated carbocycles. The first-order valence-corrected chi connectivity index (χ1v) is 5.35. The van der Waals surface area contributed by atoms with Gasteiger partial charge in [0.2, 0.25) is 5.76 Å². The quantitative estimate of drug-likeness (QED) is 0.800. The minimum Gasteiger partial charge on any atom is -0.483 e. The van der Waals surface area contributed by atoms with Gasteiger partial charge >= 0.3 is 5.97 Å². The molecule has 0 aliphatic carbocycles. The lowest BCUT2D eigenvalue weighted by atomic mass is 10.3. The lowest BCUT2D eigenvalue weighted by Gasteiger charge is -2.05. The van der Waals surface area contributed by atoms with E-state index >= 15 is 0 Å². The summed E-state index contributed by atoms with van der Waals surface area (Å²) in [4.78, 5) is 11.1. The Labute approximate surface area is 107 Å². The molecular weight excluding hydrogens is 258 g/mol. The minimum absolute atomic E-state index is 0.0284. The maximum absolute atomic E-state index is 13.3. The number of halogens is 2. The lowest BCUT2D eigenvalue weighted by molar-refractivity contribution is 0.0561. The van der Waals surface area contributed by atoms with Crippen molar-refractivity contribution in [1.29, 1.82) is 0 Å². The Morgan fingerprint density at radius 1 is 1.26 bits per heavy atom. The minimum atomic E-state index is -0.806. The monoisotopic (exact) mass is 268 g/mol. The lowest BCUT2D eigenvalue weighted by Crippen LogP contribution is -1.99. The van der Waals surface area contributed by atoms with Crippen LogP contribution in [-0.4, -0.2) is 13.1 Å². The summed E-state index contributed by atoms with van der Waals surface area (Å²) in [6, 6.07) is 5.91. The van der Waals surface area contributed by atoms with Gasteiger partial charge < -0.3 is 13.9 Å². The van der Waals surface area contributed by atoms with Gasteiger partial charge in [-0.15, -0.1) is 0 Å². The van der Waals surface area contributed by atoms with E-state index in [2.05, 4.69) is 4.74 Å². The van der Waals surface area contributed by atoms with E-state index in [4.69, 9.17) is 9.15 Å². The van der Waals surface area contributed by atoms with Crippen molar-refractivity contribution in [3.8, 4) is 5.75 Å². The van der Waals surface area contributed by atoms with Gasteiger partial charge in [0.05, 0.1) is 7.11 Å². The Kier molecular flexibility index (Phi) is 3.79. The Morgan fingerprint density at radius 3 is 2.74 bits per heavy atom. The number of methoxy groups -OCH3 is 1. The van der Waals surface area contributed by atoms with E-state index in [1.54, 1.807) is 0 Å². The zero-order valence-electron chi connectivity index (χ0n) is 9.98. The third-order valence-corrected chi connectivity index (χ3v) is 2.31. The number of carbonyl (C=O) groups is 1. The molecular formula is C13H10F2O4. The van der Waals surface area contributed by atoms with Crippen LogP contribution in [0, 0.1) is 11.6 Å². The van der Waals surface area contributed by atoms with Gasteiger partial charge in [0.15, 0.2) is 11.6 Å². The second-order valence-corrected chi connectivity index (χ2v) is 3.62. The standard InChI is InChI=1S/C13H10F2O4/c1-17-13(16)12-5-3-9(19-12)7-18-11-4-2-8(14)6-10(11)15/h2-6H,7H2,1H3. The molecule has 1 heterocycles. The molecule has 6 heteroatoms. The zero-order valence-corrected chi connectivity index (χ0v) is 9.98. The number of furan rings is 1. The van der Waals surface area contributed by atoms with Crippen LogP contribution in [0.25, 0.3) is 0 Å². The van der Waals surface area contributed by atoms with Crippen LogP contribution in [0.4, 0.5) is 8.78 Å². The Bertz CT molecular complexity index is 592. The Hall–Kier alpha value is -2.37. The molecule has 0 fully saturated rings. The van der Waals surface area contributed by atoms with Crippen LogP contribution in [0.5, 0.6) is 5.75 Å². The second-order valence-electron chi connectivity index (χ2n) is 3.62. The first-order chi connectivity index (χ1) is 9.10. The van der Waals surface area contributed by atoms with Gasteiger partial charge in [-0.1, -0.05) is 0 Å². The molecule has 0 spiro atoms. The molecule has 0 bridgehead atoms. The maximum atomic E-state index is 13.3. The molecule has 0 aliphatic heterocycles. The fourth-order valence-corrected chi connectivity index (χ4v) is 1.41. The first kappa shape index (κ1) is 13.1. The van der Waals surface area contributed by atoms with Gasteiger partial charge in [-0.2, -0.15) is 0 Å². The summed E-state index contributed by atoms with van der Waals surface area (Å²) in [6.45, 7) is -0.0838. The third kappa shape index (κ3) is 3.09. The predicted octanol–water partition coefficient (Wildman–Crippen LogP) is 2.92. The van der Waals surface area contributed by atoms with Crippen molar-refractivity contribution < 1.29 is 27.5 Å². The average Bonchev–Trinajstić information content (AvgIpc) is 2.85. The molecule has 0 N–H and O–H groups in total. The van der Waals surface area contributed by atoms with Crippen LogP contribution < -0.4 is 4.74 Å². The predicted molar refractivity (Wildman–Crippen MR) is 60.7 cm³/mol. The smallest absolute Gasteiger partial charge is 0.373 e. The van der Waals surface area contributed by atoms with Crippen LogP contribution in [0.3, 0.4) is 0 Å². The van der Waals surface area contributed by atoms with Gasteiger partial charge in [-0.25, -0.2) is 13.6 Å². The third-order valence-electron chi connectivity index (χ3n) is 2.31. The fourth-order valence-electron chi connectivity index (χ4n) is 1.41. The van der Waals surface area contributed by atoms with E-state index in [1.807, 2.05) is 0 Å². The molecule has 0 saturated heterocycles. The molecule has 0 atom stereocenters. The van der Waals surface area contributed by atoms with Crippen molar-refractivity contribution >= 4 is 5.97 Å². The number of rotatable bonds is 4. The molecule has 19 heavy (non-hydrogen) atoms. The number of esters is 1. The molecule has 2 aromatic rings. The van der Waals surface area contributed by atoms with Crippen LogP contribution in [0.15, 0.2) is 34.7 Å². The number of hydrogen-bond donors (Lipinski definition) is 0. The van der Waals surface area contributed by atoms with Gasteiger partial charge in [-0.05, 0) is 24.3 Å². The van der Waals surface area contributed by atoms with E-state index in [1.165, 1.54) is 25.3 Å². The van der Waals surface area contributed by atoms with Crippen molar-refractivity contribution in [2.45, 2.75) is 6.61 Å². The summed E-state index contributed by atoms with van der Waals surface area (Å²) >= 11 is 0. The van der Waals surface area contributed by atoms with Gasteiger partial charge in [0.1, 0.15) is 18.2 Å². The number of hydrogen-bond acceptors (Lipinski definition) is 4. The highest BCUT2D eigenvalue weighted by Gasteiger charge is 2.12. The summed E-state index contributed by atoms with van der Waals surface area (Å²) in [5.41, 5.74) is 0. The maximum Gasteiger partial charge on any atom is 0.373 e. The van der Waals surface area contributed by atoms with Crippen molar-refractivity contribution in [1.82, 2.24) is 0 Å². The van der Waals surface area contributed by atoms with Gasteiger partial charge in [-0.3, -0.25) is 0 Å². The number of carbonyl (C=O) groups excluding carboxylic acids is 1. The van der Waals surface area contributed by atoms with Crippen molar-refractivity contribution in [2.24, 2.45) is 0 Å². The van der Waals surface area contributed by atoms with Crippen molar-refractivity contribution in [3.63, 3.8) is 0 Å². The highest BCUT2D eigenvalue weighted by atomic mass is 19.1. The van der Waals surface area contributed by atoms with Gasteiger partial charge in [0, 0.05) is 6.07 Å². The van der Waals surface area contributed by atoms with Crippen LogP contribution in [0.2, 0.25) is 0 Å². The Morgan fingerprint density at radius 2 is 2.05 bits per heavy atom. The molecule has 0 aliphatic rings.